The lowest BCUT2D eigenvalue weighted by Crippen LogP contribution is -2.05. The van der Waals surface area contributed by atoms with Crippen molar-refractivity contribution in [2.75, 3.05) is 0 Å². The van der Waals surface area contributed by atoms with E-state index in [1.165, 1.54) is 36.4 Å². The minimum atomic E-state index is -1.49. The highest BCUT2D eigenvalue weighted by Crippen LogP contribution is 2.43. The number of hydrogen-bond acceptors (Lipinski definition) is 0. The topological polar surface area (TPSA) is 0 Å². The van der Waals surface area contributed by atoms with Crippen LogP contribution in [0.2, 0.25) is 0 Å². The van der Waals surface area contributed by atoms with Crippen molar-refractivity contribution in [3.05, 3.63) is 108 Å². The largest absolute Gasteiger partial charge is 0.206 e. The maximum atomic E-state index is 15.4. The maximum Gasteiger partial charge on any atom is 0.145 e. The van der Waals surface area contributed by atoms with E-state index in [9.17, 15) is 13.2 Å². The van der Waals surface area contributed by atoms with Gasteiger partial charge in [-0.3, -0.25) is 0 Å². The van der Waals surface area contributed by atoms with Crippen molar-refractivity contribution < 1.29 is 26.3 Å². The lowest BCUT2D eigenvalue weighted by atomic mass is 9.90. The Morgan fingerprint density at radius 3 is 0.800 bits per heavy atom. The zero-order valence-electron chi connectivity index (χ0n) is 15.2. The molecule has 0 saturated carbocycles. The average Bonchev–Trinajstić information content (AvgIpc) is 2.72. The molecule has 4 aromatic carbocycles. The molecule has 0 radical (unpaired) electrons. The molecule has 0 fully saturated rings. The average molecular weight is 414 g/mol. The van der Waals surface area contributed by atoms with Crippen molar-refractivity contribution in [1.29, 1.82) is 0 Å². The summed E-state index contributed by atoms with van der Waals surface area (Å²) in [7, 11) is 0. The molecule has 0 spiro atoms. The van der Waals surface area contributed by atoms with E-state index in [4.69, 9.17) is 0 Å². The second kappa shape index (κ2) is 7.71. The standard InChI is InChI=1S/C24H12F6/c25-16-10-4-1-7-13(16)19-22(28)20(14-8-2-5-11-17(14)26)24(30)21(23(19)29)15-9-3-6-12-18(15)27/h1-12H. The Balaban J connectivity index is 2.19. The van der Waals surface area contributed by atoms with Gasteiger partial charge >= 0.3 is 0 Å². The Bertz CT molecular complexity index is 1090. The molecule has 0 aliphatic rings. The van der Waals surface area contributed by atoms with E-state index >= 15 is 13.2 Å². The van der Waals surface area contributed by atoms with E-state index in [1.54, 1.807) is 0 Å². The van der Waals surface area contributed by atoms with Crippen molar-refractivity contribution in [2.45, 2.75) is 0 Å². The van der Waals surface area contributed by atoms with Crippen LogP contribution in [0.3, 0.4) is 0 Å². The minimum absolute atomic E-state index is 0.498. The van der Waals surface area contributed by atoms with Gasteiger partial charge in [-0.05, 0) is 18.2 Å². The van der Waals surface area contributed by atoms with Crippen LogP contribution in [0.1, 0.15) is 0 Å². The van der Waals surface area contributed by atoms with Crippen LogP contribution >= 0.6 is 0 Å². The Labute approximate surface area is 168 Å². The van der Waals surface area contributed by atoms with Gasteiger partial charge in [-0.25, -0.2) is 26.3 Å². The van der Waals surface area contributed by atoms with Gasteiger partial charge in [0.25, 0.3) is 0 Å². The van der Waals surface area contributed by atoms with Gasteiger partial charge in [-0.1, -0.05) is 54.6 Å². The van der Waals surface area contributed by atoms with Crippen LogP contribution < -0.4 is 0 Å². The van der Waals surface area contributed by atoms with Crippen molar-refractivity contribution in [3.8, 4) is 33.4 Å². The number of halogens is 6. The SMILES string of the molecule is Fc1ccccc1-c1c(F)c(-c2ccccc2F)c(F)c(-c2ccccc2F)c1F. The molecule has 30 heavy (non-hydrogen) atoms. The third-order valence-electron chi connectivity index (χ3n) is 4.75. The van der Waals surface area contributed by atoms with E-state index in [-0.39, 0.29) is 0 Å². The monoisotopic (exact) mass is 414 g/mol. The van der Waals surface area contributed by atoms with Crippen molar-refractivity contribution in [3.63, 3.8) is 0 Å². The summed E-state index contributed by atoms with van der Waals surface area (Å²) in [6.45, 7) is 0. The van der Waals surface area contributed by atoms with E-state index in [1.807, 2.05) is 0 Å². The fourth-order valence-corrected chi connectivity index (χ4v) is 3.37. The highest BCUT2D eigenvalue weighted by molar-refractivity contribution is 5.84. The summed E-state index contributed by atoms with van der Waals surface area (Å²) >= 11 is 0. The summed E-state index contributed by atoms with van der Waals surface area (Å²) in [5.74, 6) is -7.37. The molecular formula is C24H12F6. The van der Waals surface area contributed by atoms with E-state index in [0.717, 1.165) is 36.4 Å². The van der Waals surface area contributed by atoms with Crippen LogP contribution in [0.4, 0.5) is 26.3 Å². The van der Waals surface area contributed by atoms with Gasteiger partial charge in [0, 0.05) is 16.7 Å². The fraction of sp³-hybridized carbons (Fsp3) is 0. The summed E-state index contributed by atoms with van der Waals surface area (Å²) < 4.78 is 89.4. The number of rotatable bonds is 3. The van der Waals surface area contributed by atoms with Crippen LogP contribution in [0, 0.1) is 34.9 Å². The molecular weight excluding hydrogens is 402 g/mol. The molecule has 6 heteroatoms. The van der Waals surface area contributed by atoms with Crippen LogP contribution in [0.5, 0.6) is 0 Å². The second-order valence-corrected chi connectivity index (χ2v) is 6.51. The highest BCUT2D eigenvalue weighted by atomic mass is 19.2. The van der Waals surface area contributed by atoms with E-state index in [0.29, 0.717) is 0 Å². The van der Waals surface area contributed by atoms with Gasteiger partial charge < -0.3 is 0 Å². The predicted molar refractivity (Wildman–Crippen MR) is 102 cm³/mol. The summed E-state index contributed by atoms with van der Waals surface area (Å²) in [6.07, 6.45) is 0. The summed E-state index contributed by atoms with van der Waals surface area (Å²) in [4.78, 5) is 0. The zero-order chi connectivity index (χ0) is 21.4. The van der Waals surface area contributed by atoms with Crippen LogP contribution in [0.15, 0.2) is 72.8 Å². The van der Waals surface area contributed by atoms with Crippen molar-refractivity contribution >= 4 is 0 Å². The summed E-state index contributed by atoms with van der Waals surface area (Å²) in [5.41, 5.74) is -4.23. The van der Waals surface area contributed by atoms with Gasteiger partial charge in [-0.15, -0.1) is 0 Å². The fourth-order valence-electron chi connectivity index (χ4n) is 3.37. The molecule has 0 N–H and O–H groups in total. The molecule has 150 valence electrons. The quantitative estimate of drug-likeness (QED) is 0.304. The molecule has 0 aromatic heterocycles. The first-order valence-electron chi connectivity index (χ1n) is 8.87. The molecule has 0 heterocycles. The summed E-state index contributed by atoms with van der Waals surface area (Å²) in [5, 5.41) is 0. The van der Waals surface area contributed by atoms with Gasteiger partial charge in [-0.2, -0.15) is 0 Å². The summed E-state index contributed by atoms with van der Waals surface area (Å²) in [6, 6.07) is 14.2. The molecule has 4 aromatic rings. The van der Waals surface area contributed by atoms with E-state index in [2.05, 4.69) is 0 Å². The van der Waals surface area contributed by atoms with Crippen LogP contribution in [-0.4, -0.2) is 0 Å². The number of benzene rings is 4. The minimum Gasteiger partial charge on any atom is -0.206 e. The molecule has 0 unspecified atom stereocenters. The molecule has 0 aliphatic heterocycles. The Morgan fingerprint density at radius 2 is 0.567 bits per heavy atom. The smallest absolute Gasteiger partial charge is 0.145 e. The van der Waals surface area contributed by atoms with Crippen LogP contribution in [-0.2, 0) is 0 Å². The molecule has 0 nitrogen and oxygen atoms in total. The Hall–Kier alpha value is -3.54. The first-order valence-corrected chi connectivity index (χ1v) is 8.87. The first-order chi connectivity index (χ1) is 14.4. The van der Waals surface area contributed by atoms with Gasteiger partial charge in [0.2, 0.25) is 0 Å². The van der Waals surface area contributed by atoms with Crippen LogP contribution in [0.25, 0.3) is 33.4 Å². The molecule has 0 aliphatic carbocycles. The third kappa shape index (κ3) is 3.14. The van der Waals surface area contributed by atoms with Crippen molar-refractivity contribution in [2.24, 2.45) is 0 Å². The lowest BCUT2D eigenvalue weighted by Gasteiger charge is -2.17. The van der Waals surface area contributed by atoms with Crippen molar-refractivity contribution in [1.82, 2.24) is 0 Å². The van der Waals surface area contributed by atoms with Gasteiger partial charge in [0.15, 0.2) is 0 Å². The Kier molecular flexibility index (Phi) is 5.08. The normalized spacial score (nSPS) is 11.0. The molecule has 0 atom stereocenters. The molecule has 0 amide bonds. The van der Waals surface area contributed by atoms with E-state index < -0.39 is 68.3 Å². The Morgan fingerprint density at radius 1 is 0.333 bits per heavy atom. The lowest BCUT2D eigenvalue weighted by molar-refractivity contribution is 0.548. The maximum absolute atomic E-state index is 15.4. The molecule has 4 rings (SSSR count). The first kappa shape index (κ1) is 19.8. The van der Waals surface area contributed by atoms with Gasteiger partial charge in [0.05, 0.1) is 16.7 Å². The van der Waals surface area contributed by atoms with Gasteiger partial charge in [0.1, 0.15) is 34.9 Å². The highest BCUT2D eigenvalue weighted by Gasteiger charge is 2.30. The number of hydrogen-bond donors (Lipinski definition) is 0. The second-order valence-electron chi connectivity index (χ2n) is 6.51. The predicted octanol–water partition coefficient (Wildman–Crippen LogP) is 7.52. The molecule has 0 bridgehead atoms. The molecule has 0 saturated heterocycles. The zero-order valence-corrected chi connectivity index (χ0v) is 15.2. The third-order valence-corrected chi connectivity index (χ3v) is 4.75.